The molecule has 0 rings (SSSR count). The molecule has 0 saturated heterocycles. The first-order chi connectivity index (χ1) is 16.1. The number of esters is 1. The third kappa shape index (κ3) is 65.3. The van der Waals surface area contributed by atoms with Crippen LogP contribution in [0.1, 0.15) is 122 Å². The Balaban J connectivity index is -0.000000278. The molecule has 0 unspecified atom stereocenters. The van der Waals surface area contributed by atoms with Gasteiger partial charge in [0, 0.05) is 28.4 Å². The monoisotopic (exact) mass is 609 g/mol. The van der Waals surface area contributed by atoms with Gasteiger partial charge in [-0.25, -0.2) is 0 Å². The molecule has 4 N–H and O–H groups in total. The predicted molar refractivity (Wildman–Crippen MR) is 132 cm³/mol. The Hall–Kier alpha value is 2.03. The number of nitrogens with two attached hydrogens (primary N) is 1. The summed E-state index contributed by atoms with van der Waals surface area (Å²) in [5.41, 5.74) is 4.99. The van der Waals surface area contributed by atoms with Crippen molar-refractivity contribution >= 4 is 33.8 Å². The molecule has 0 aromatic heterocycles. The third-order valence-electron chi connectivity index (χ3n) is 4.84. The molecule has 36 heavy (non-hydrogen) atoms. The molecule has 0 fully saturated rings. The Morgan fingerprint density at radius 2 is 0.889 bits per heavy atom. The topological polar surface area (TPSA) is 178 Å². The summed E-state index contributed by atoms with van der Waals surface area (Å²) in [4.78, 5) is 21.8. The van der Waals surface area contributed by atoms with Crippen LogP contribution in [-0.4, -0.2) is 27.6 Å². The summed E-state index contributed by atoms with van der Waals surface area (Å²) in [6, 6.07) is 0. The Kier molecular flexibility index (Phi) is 55.1. The SMILES string of the molecule is CCCCCCCCCCCCCCCCCCOC(=O)CCC(N)=O.O=[S-](=O)O.O=[S-](=O)O.[K+].[K+]. The summed E-state index contributed by atoms with van der Waals surface area (Å²) in [5.74, 6) is -0.769. The van der Waals surface area contributed by atoms with Gasteiger partial charge in [-0.15, -0.1) is 0 Å². The molecule has 206 valence electrons. The molecule has 0 heterocycles. The number of carbonyl (C=O) groups is 2. The molecule has 0 saturated carbocycles. The van der Waals surface area contributed by atoms with Gasteiger partial charge in [0.1, 0.15) is 0 Å². The number of hydrogen-bond donors (Lipinski definition) is 3. The first-order valence-electron chi connectivity index (χ1n) is 12.1. The van der Waals surface area contributed by atoms with Crippen molar-refractivity contribution in [2.45, 2.75) is 122 Å². The van der Waals surface area contributed by atoms with E-state index in [1.54, 1.807) is 0 Å². The van der Waals surface area contributed by atoms with Crippen LogP contribution in [0.3, 0.4) is 0 Å². The van der Waals surface area contributed by atoms with Crippen LogP contribution in [0.25, 0.3) is 0 Å². The van der Waals surface area contributed by atoms with E-state index in [4.69, 9.17) is 36.4 Å². The Morgan fingerprint density at radius 3 is 1.17 bits per heavy atom. The van der Waals surface area contributed by atoms with Crippen molar-refractivity contribution in [2.24, 2.45) is 5.73 Å². The van der Waals surface area contributed by atoms with Crippen molar-refractivity contribution in [3.8, 4) is 0 Å². The third-order valence-corrected chi connectivity index (χ3v) is 4.84. The van der Waals surface area contributed by atoms with Gasteiger partial charge in [-0.3, -0.25) is 9.59 Å². The van der Waals surface area contributed by atoms with Gasteiger partial charge in [-0.1, -0.05) is 103 Å². The predicted octanol–water partition coefficient (Wildman–Crippen LogP) is -0.398. The Bertz CT molecular complexity index is 584. The number of unbranched alkanes of at least 4 members (excludes halogenated alkanes) is 15. The maximum Gasteiger partial charge on any atom is 1.00 e. The summed E-state index contributed by atoms with van der Waals surface area (Å²) in [7, 11) is -5.72. The van der Waals surface area contributed by atoms with Crippen LogP contribution in [0.15, 0.2) is 0 Å². The smallest absolute Gasteiger partial charge is 0.466 e. The van der Waals surface area contributed by atoms with E-state index in [0.29, 0.717) is 6.61 Å². The number of primary amides is 1. The molecular weight excluding hydrogens is 565 g/mol. The van der Waals surface area contributed by atoms with Gasteiger partial charge in [0.05, 0.1) is 13.0 Å². The van der Waals surface area contributed by atoms with E-state index in [0.717, 1.165) is 12.8 Å². The average molecular weight is 610 g/mol. The van der Waals surface area contributed by atoms with Crippen LogP contribution in [0.4, 0.5) is 0 Å². The fraction of sp³-hybridized carbons (Fsp3) is 0.909. The Labute approximate surface area is 306 Å². The van der Waals surface area contributed by atoms with Crippen LogP contribution >= 0.6 is 0 Å². The molecule has 0 aromatic rings. The van der Waals surface area contributed by atoms with E-state index in [1.165, 1.54) is 89.9 Å². The maximum atomic E-state index is 11.3. The molecule has 0 aliphatic carbocycles. The molecule has 0 radical (unpaired) electrons. The van der Waals surface area contributed by atoms with E-state index >= 15 is 0 Å². The number of carbonyl (C=O) groups excluding carboxylic acids is 2. The second kappa shape index (κ2) is 41.5. The van der Waals surface area contributed by atoms with Gasteiger partial charge in [-0.05, 0) is 6.42 Å². The summed E-state index contributed by atoms with van der Waals surface area (Å²) in [5, 5.41) is 0. The quantitative estimate of drug-likeness (QED) is 0.0414. The zero-order chi connectivity index (χ0) is 26.5. The molecule has 0 atom stereocenters. The zero-order valence-electron chi connectivity index (χ0n) is 22.6. The van der Waals surface area contributed by atoms with Crippen LogP contribution < -0.4 is 109 Å². The Morgan fingerprint density at radius 1 is 0.611 bits per heavy atom. The minimum absolute atomic E-state index is 0. The average Bonchev–Trinajstić information content (AvgIpc) is 2.73. The van der Waals surface area contributed by atoms with Crippen LogP contribution in [0, 0.1) is 0 Å². The second-order valence-corrected chi connectivity index (χ2v) is 8.79. The van der Waals surface area contributed by atoms with Crippen molar-refractivity contribution in [1.29, 1.82) is 0 Å². The van der Waals surface area contributed by atoms with Crippen molar-refractivity contribution in [2.75, 3.05) is 6.61 Å². The van der Waals surface area contributed by atoms with E-state index in [1.807, 2.05) is 0 Å². The van der Waals surface area contributed by atoms with E-state index < -0.39 is 27.9 Å². The second-order valence-electron chi connectivity index (χ2n) is 7.92. The molecule has 0 aliphatic heterocycles. The minimum Gasteiger partial charge on any atom is -0.466 e. The van der Waals surface area contributed by atoms with Crippen molar-refractivity contribution < 1.29 is 143 Å². The molecular formula is C22H45K2NO9S2. The van der Waals surface area contributed by atoms with Crippen LogP contribution in [-0.2, 0) is 53.1 Å². The van der Waals surface area contributed by atoms with Crippen LogP contribution in [0.5, 0.6) is 0 Å². The molecule has 14 heteroatoms. The number of rotatable bonds is 20. The fourth-order valence-corrected chi connectivity index (χ4v) is 3.13. The maximum absolute atomic E-state index is 11.3. The molecule has 1 amide bonds. The first-order valence-corrected chi connectivity index (χ1v) is 14.2. The number of hydrogen-bond acceptors (Lipinski definition) is 9. The van der Waals surface area contributed by atoms with Crippen molar-refractivity contribution in [3.05, 3.63) is 0 Å². The summed E-state index contributed by atoms with van der Waals surface area (Å²) in [6.45, 7) is 2.74. The number of amides is 1. The van der Waals surface area contributed by atoms with Crippen LogP contribution in [0.2, 0.25) is 0 Å². The normalized spacial score (nSPS) is 9.69. The zero-order valence-corrected chi connectivity index (χ0v) is 30.5. The van der Waals surface area contributed by atoms with Gasteiger partial charge < -0.3 is 36.4 Å². The van der Waals surface area contributed by atoms with E-state index in [9.17, 15) is 9.59 Å². The first kappa shape index (κ1) is 47.8. The van der Waals surface area contributed by atoms with Gasteiger partial charge in [-0.2, -0.15) is 0 Å². The van der Waals surface area contributed by atoms with Gasteiger partial charge >= 0.3 is 109 Å². The van der Waals surface area contributed by atoms with E-state index in [-0.39, 0.29) is 122 Å². The van der Waals surface area contributed by atoms with Crippen molar-refractivity contribution in [1.82, 2.24) is 0 Å². The molecule has 0 spiro atoms. The summed E-state index contributed by atoms with van der Waals surface area (Å²) < 4.78 is 53.2. The molecule has 0 aliphatic rings. The van der Waals surface area contributed by atoms with Crippen molar-refractivity contribution in [3.63, 3.8) is 0 Å². The largest absolute Gasteiger partial charge is 1.00 e. The fourth-order valence-electron chi connectivity index (χ4n) is 3.13. The molecule has 0 aromatic carbocycles. The molecule has 10 nitrogen and oxygen atoms in total. The minimum atomic E-state index is -2.86. The van der Waals surface area contributed by atoms with Gasteiger partial charge in [0.25, 0.3) is 0 Å². The summed E-state index contributed by atoms with van der Waals surface area (Å²) in [6.07, 6.45) is 21.5. The molecule has 0 bridgehead atoms. The van der Waals surface area contributed by atoms with Gasteiger partial charge in [0.2, 0.25) is 5.91 Å². The van der Waals surface area contributed by atoms with Gasteiger partial charge in [0.15, 0.2) is 0 Å². The number of ether oxygens (including phenoxy) is 1. The summed E-state index contributed by atoms with van der Waals surface area (Å²) >= 11 is 0. The standard InChI is InChI=1S/C22H43NO3.2K.2HO3S/c1-2-3-4-5-6-7-8-9-10-11-12-13-14-15-16-17-20-26-22(25)19-18-21(23)24;;;2*1-4(2)3/h2-20H2,1H3,(H2,23,24);;;2*(H,1,2,3)/q;2*+1;2*-1. The van der Waals surface area contributed by atoms with E-state index in [2.05, 4.69) is 6.92 Å².